The van der Waals surface area contributed by atoms with Crippen LogP contribution in [-0.2, 0) is 0 Å². The normalized spacial score (nSPS) is 55.9. The van der Waals surface area contributed by atoms with Crippen molar-refractivity contribution in [3.8, 4) is 0 Å². The third kappa shape index (κ3) is 0.646. The van der Waals surface area contributed by atoms with Gasteiger partial charge in [-0.05, 0) is 49.4 Å². The van der Waals surface area contributed by atoms with E-state index >= 15 is 0 Å². The van der Waals surface area contributed by atoms with Gasteiger partial charge in [-0.15, -0.1) is 0 Å². The molecular weight excluding hydrogens is 148 g/mol. The van der Waals surface area contributed by atoms with Crippen molar-refractivity contribution in [3.63, 3.8) is 0 Å². The molecule has 0 aromatic rings. The lowest BCUT2D eigenvalue weighted by Crippen LogP contribution is -2.25. The van der Waals surface area contributed by atoms with Crippen molar-refractivity contribution in [2.24, 2.45) is 17.3 Å². The van der Waals surface area contributed by atoms with Gasteiger partial charge in [0.1, 0.15) is 0 Å². The maximum absolute atomic E-state index is 9.81. The van der Waals surface area contributed by atoms with Crippen molar-refractivity contribution in [2.45, 2.75) is 38.2 Å². The Hall–Kier alpha value is -0.300. The van der Waals surface area contributed by atoms with E-state index in [2.05, 4.69) is 12.2 Å². The van der Waals surface area contributed by atoms with Crippen LogP contribution < -0.4 is 0 Å². The molecule has 0 unspecified atom stereocenters. The van der Waals surface area contributed by atoms with Gasteiger partial charge in [0.25, 0.3) is 0 Å². The summed E-state index contributed by atoms with van der Waals surface area (Å²) in [4.78, 5) is 0. The Morgan fingerprint density at radius 1 is 1.25 bits per heavy atom. The first kappa shape index (κ1) is 7.14. The van der Waals surface area contributed by atoms with Gasteiger partial charge in [-0.3, -0.25) is 0 Å². The predicted octanol–water partition coefficient (Wildman–Crippen LogP) is 2.11. The van der Waals surface area contributed by atoms with Crippen LogP contribution in [0.2, 0.25) is 0 Å². The van der Waals surface area contributed by atoms with Gasteiger partial charge >= 0.3 is 0 Å². The zero-order valence-electron chi connectivity index (χ0n) is 7.37. The molecule has 3 aliphatic carbocycles. The minimum atomic E-state index is 0.0118. The Balaban J connectivity index is 2.01. The topological polar surface area (TPSA) is 20.2 Å². The highest BCUT2D eigenvalue weighted by Crippen LogP contribution is 2.61. The minimum absolute atomic E-state index is 0.0118. The van der Waals surface area contributed by atoms with Gasteiger partial charge in [0, 0.05) is 0 Å². The molecular formula is C11H16O. The second kappa shape index (κ2) is 2.14. The van der Waals surface area contributed by atoms with E-state index in [1.54, 1.807) is 0 Å². The van der Waals surface area contributed by atoms with Crippen molar-refractivity contribution in [1.29, 1.82) is 0 Å². The molecule has 0 bridgehead atoms. The molecule has 0 aliphatic heterocycles. The number of hydrogen-bond donors (Lipinski definition) is 1. The Kier molecular flexibility index (Phi) is 1.27. The summed E-state index contributed by atoms with van der Waals surface area (Å²) in [5.74, 6) is 1.50. The second-order valence-corrected chi connectivity index (χ2v) is 4.74. The van der Waals surface area contributed by atoms with Crippen LogP contribution in [0, 0.1) is 17.3 Å². The standard InChI is InChI=1S/C11H16O/c12-10-5-7-11-6-1-2-8(11)3-4-9(10)11/h1,6,8-10,12H,2-5,7H2/t8-,9+,10+,11+/m0/s1. The highest BCUT2D eigenvalue weighted by molar-refractivity contribution is 5.20. The summed E-state index contributed by atoms with van der Waals surface area (Å²) in [6.07, 6.45) is 11.0. The largest absolute Gasteiger partial charge is 0.393 e. The number of aliphatic hydroxyl groups is 1. The molecule has 1 heteroatoms. The molecule has 0 aromatic heterocycles. The zero-order chi connectivity index (χ0) is 8.18. The summed E-state index contributed by atoms with van der Waals surface area (Å²) in [7, 11) is 0. The highest BCUT2D eigenvalue weighted by atomic mass is 16.3. The molecule has 66 valence electrons. The van der Waals surface area contributed by atoms with Crippen LogP contribution in [0.1, 0.15) is 32.1 Å². The Morgan fingerprint density at radius 2 is 2.17 bits per heavy atom. The third-order valence-corrected chi connectivity index (χ3v) is 4.46. The SMILES string of the molecule is O[C@@H]1CC[C@]23C=CC[C@H]2CC[C@H]13. The van der Waals surface area contributed by atoms with Gasteiger partial charge in [-0.25, -0.2) is 0 Å². The van der Waals surface area contributed by atoms with Crippen molar-refractivity contribution in [2.75, 3.05) is 0 Å². The summed E-state index contributed by atoms with van der Waals surface area (Å²) >= 11 is 0. The average molecular weight is 164 g/mol. The lowest BCUT2D eigenvalue weighted by Gasteiger charge is -2.28. The van der Waals surface area contributed by atoms with Gasteiger partial charge in [0.15, 0.2) is 0 Å². The minimum Gasteiger partial charge on any atom is -0.393 e. The molecule has 2 saturated carbocycles. The summed E-state index contributed by atoms with van der Waals surface area (Å²) < 4.78 is 0. The maximum atomic E-state index is 9.81. The molecule has 1 spiro atoms. The fourth-order valence-electron chi connectivity index (χ4n) is 3.89. The molecule has 0 aromatic carbocycles. The molecule has 3 rings (SSSR count). The van der Waals surface area contributed by atoms with Crippen LogP contribution in [0.5, 0.6) is 0 Å². The summed E-state index contributed by atoms with van der Waals surface area (Å²) in [6, 6.07) is 0. The lowest BCUT2D eigenvalue weighted by molar-refractivity contribution is 0.107. The van der Waals surface area contributed by atoms with Crippen molar-refractivity contribution < 1.29 is 5.11 Å². The molecule has 3 aliphatic rings. The van der Waals surface area contributed by atoms with Gasteiger partial charge in [0.2, 0.25) is 0 Å². The quantitative estimate of drug-likeness (QED) is 0.544. The summed E-state index contributed by atoms with van der Waals surface area (Å²) in [6.45, 7) is 0. The van der Waals surface area contributed by atoms with E-state index in [9.17, 15) is 5.11 Å². The zero-order valence-corrected chi connectivity index (χ0v) is 7.37. The number of allylic oxidation sites excluding steroid dienone is 2. The van der Waals surface area contributed by atoms with Crippen molar-refractivity contribution >= 4 is 0 Å². The maximum Gasteiger partial charge on any atom is 0.0577 e. The number of hydrogen-bond acceptors (Lipinski definition) is 1. The van der Waals surface area contributed by atoms with Gasteiger partial charge in [-0.1, -0.05) is 12.2 Å². The molecule has 2 fully saturated rings. The smallest absolute Gasteiger partial charge is 0.0577 e. The van der Waals surface area contributed by atoms with E-state index in [1.807, 2.05) is 0 Å². The van der Waals surface area contributed by atoms with Crippen LogP contribution in [0.25, 0.3) is 0 Å². The van der Waals surface area contributed by atoms with E-state index in [0.29, 0.717) is 11.3 Å². The molecule has 4 atom stereocenters. The number of rotatable bonds is 0. The molecule has 1 nitrogen and oxygen atoms in total. The van der Waals surface area contributed by atoms with E-state index < -0.39 is 0 Å². The van der Waals surface area contributed by atoms with Crippen molar-refractivity contribution in [3.05, 3.63) is 12.2 Å². The fraction of sp³-hybridized carbons (Fsp3) is 0.818. The van der Waals surface area contributed by atoms with Crippen molar-refractivity contribution in [1.82, 2.24) is 0 Å². The Morgan fingerprint density at radius 3 is 3.08 bits per heavy atom. The van der Waals surface area contributed by atoms with Crippen LogP contribution in [0.4, 0.5) is 0 Å². The number of aliphatic hydroxyl groups excluding tert-OH is 1. The molecule has 1 N–H and O–H groups in total. The van der Waals surface area contributed by atoms with E-state index in [-0.39, 0.29) is 6.10 Å². The molecule has 12 heavy (non-hydrogen) atoms. The monoisotopic (exact) mass is 164 g/mol. The van der Waals surface area contributed by atoms with Crippen LogP contribution in [0.3, 0.4) is 0 Å². The molecule has 0 radical (unpaired) electrons. The summed E-state index contributed by atoms with van der Waals surface area (Å²) in [5.41, 5.74) is 0.458. The fourth-order valence-corrected chi connectivity index (χ4v) is 3.89. The molecule has 0 heterocycles. The van der Waals surface area contributed by atoms with Gasteiger partial charge < -0.3 is 5.11 Å². The summed E-state index contributed by atoms with van der Waals surface area (Å²) in [5, 5.41) is 9.81. The average Bonchev–Trinajstić information content (AvgIpc) is 2.62. The third-order valence-electron chi connectivity index (χ3n) is 4.46. The van der Waals surface area contributed by atoms with E-state index in [4.69, 9.17) is 0 Å². The Labute approximate surface area is 73.5 Å². The van der Waals surface area contributed by atoms with Gasteiger partial charge in [-0.2, -0.15) is 0 Å². The van der Waals surface area contributed by atoms with Crippen LogP contribution in [-0.4, -0.2) is 11.2 Å². The Bertz CT molecular complexity index is 233. The highest BCUT2D eigenvalue weighted by Gasteiger charge is 2.55. The van der Waals surface area contributed by atoms with Gasteiger partial charge in [0.05, 0.1) is 6.10 Å². The second-order valence-electron chi connectivity index (χ2n) is 4.74. The van der Waals surface area contributed by atoms with Crippen LogP contribution in [0.15, 0.2) is 12.2 Å². The van der Waals surface area contributed by atoms with E-state index in [1.165, 1.54) is 25.7 Å². The first-order valence-electron chi connectivity index (χ1n) is 5.19. The first-order chi connectivity index (χ1) is 5.83. The van der Waals surface area contributed by atoms with Crippen LogP contribution >= 0.6 is 0 Å². The van der Waals surface area contributed by atoms with E-state index in [0.717, 1.165) is 12.3 Å². The predicted molar refractivity (Wildman–Crippen MR) is 47.6 cm³/mol. The first-order valence-corrected chi connectivity index (χ1v) is 5.19. The molecule has 0 saturated heterocycles. The molecule has 0 amide bonds. The lowest BCUT2D eigenvalue weighted by atomic mass is 9.76.